The minimum atomic E-state index is 1.10. The molecule has 0 aliphatic rings. The average Bonchev–Trinajstić information content (AvgIpc) is 4.19. The molecule has 356 valence electrons. The molecular weight excluding hydrogens is 985 g/mol. The van der Waals surface area contributed by atoms with Gasteiger partial charge in [-0.05, 0) is 144 Å². The molecule has 10 aromatic rings. The highest BCUT2D eigenvalue weighted by atomic mass is 32.1. The SMILES string of the molecule is CCCCCCc1csc(-c2nc3cc4sc(-c5cc(CCCCCC)cs5)nc4cc3s2)c1.CCCCCCc1csc(-c2nc3cc4sc(-c5cc(CCCCCC)cs5)nc4cc3s2)c1. The zero-order chi connectivity index (χ0) is 46.7. The number of hydrogen-bond donors (Lipinski definition) is 0. The van der Waals surface area contributed by atoms with Gasteiger partial charge in [0.1, 0.15) is 20.0 Å². The maximum atomic E-state index is 5.00. The quantitative estimate of drug-likeness (QED) is 0.0566. The van der Waals surface area contributed by atoms with Crippen LogP contribution in [-0.2, 0) is 25.7 Å². The molecule has 2 aromatic carbocycles. The molecule has 0 N–H and O–H groups in total. The summed E-state index contributed by atoms with van der Waals surface area (Å²) < 4.78 is 4.94. The summed E-state index contributed by atoms with van der Waals surface area (Å²) in [6.45, 7) is 9.07. The van der Waals surface area contributed by atoms with E-state index >= 15 is 0 Å². The van der Waals surface area contributed by atoms with Gasteiger partial charge in [0.2, 0.25) is 0 Å². The maximum Gasteiger partial charge on any atom is 0.134 e. The van der Waals surface area contributed by atoms with E-state index in [0.29, 0.717) is 0 Å². The predicted molar refractivity (Wildman–Crippen MR) is 310 cm³/mol. The summed E-state index contributed by atoms with van der Waals surface area (Å²) in [5.74, 6) is 0. The van der Waals surface area contributed by atoms with E-state index in [2.05, 4.69) is 97.7 Å². The molecule has 68 heavy (non-hydrogen) atoms. The Balaban J connectivity index is 0.000000170. The minimum Gasteiger partial charge on any atom is -0.235 e. The largest absolute Gasteiger partial charge is 0.235 e. The molecule has 0 aliphatic carbocycles. The molecule has 0 bridgehead atoms. The Bertz CT molecular complexity index is 2610. The number of thiazole rings is 4. The molecule has 12 heteroatoms. The molecule has 0 unspecified atom stereocenters. The number of fused-ring (bicyclic) bond motifs is 4. The number of benzene rings is 2. The van der Waals surface area contributed by atoms with Crippen LogP contribution in [0.2, 0.25) is 0 Å². The lowest BCUT2D eigenvalue weighted by Crippen LogP contribution is -1.82. The smallest absolute Gasteiger partial charge is 0.134 e. The third kappa shape index (κ3) is 12.8. The molecule has 0 radical (unpaired) electrons. The molecule has 0 amide bonds. The molecule has 0 spiro atoms. The predicted octanol–water partition coefficient (Wildman–Crippen LogP) is 21.2. The normalized spacial score (nSPS) is 11.8. The van der Waals surface area contributed by atoms with Crippen molar-refractivity contribution in [2.24, 2.45) is 0 Å². The van der Waals surface area contributed by atoms with Crippen LogP contribution < -0.4 is 0 Å². The monoisotopic (exact) mass is 1050 g/mol. The van der Waals surface area contributed by atoms with Crippen LogP contribution in [0.5, 0.6) is 0 Å². The van der Waals surface area contributed by atoms with Crippen molar-refractivity contribution in [1.82, 2.24) is 19.9 Å². The molecular formula is C56H64N4S8. The first-order chi connectivity index (χ1) is 33.5. The summed E-state index contributed by atoms with van der Waals surface area (Å²) in [6.07, 6.45) is 25.8. The van der Waals surface area contributed by atoms with Gasteiger partial charge >= 0.3 is 0 Å². The first-order valence-corrected chi connectivity index (χ1v) is 32.0. The van der Waals surface area contributed by atoms with Gasteiger partial charge in [-0.1, -0.05) is 105 Å². The standard InChI is InChI=1S/2C28H32N2S4/c2*1-3-5-7-9-11-19-13-25(31-17-19)27-29-21-15-24-22(16-23(21)33-27)30-28(34-24)26-14-20(18-32-26)12-10-8-6-4-2/h2*13-18H,3-12H2,1-2H3. The Kier molecular flexibility index (Phi) is 18.1. The second kappa shape index (κ2) is 24.8. The number of hydrogen-bond acceptors (Lipinski definition) is 12. The van der Waals surface area contributed by atoms with Gasteiger partial charge < -0.3 is 0 Å². The summed E-state index contributed by atoms with van der Waals surface area (Å²) in [5.41, 5.74) is 10.2. The summed E-state index contributed by atoms with van der Waals surface area (Å²) in [6, 6.07) is 18.4. The highest BCUT2D eigenvalue weighted by Gasteiger charge is 2.16. The zero-order valence-corrected chi connectivity index (χ0v) is 46.7. The van der Waals surface area contributed by atoms with E-state index in [0.717, 1.165) is 42.1 Å². The fourth-order valence-corrected chi connectivity index (χ4v) is 16.6. The minimum absolute atomic E-state index is 1.10. The van der Waals surface area contributed by atoms with E-state index in [1.165, 1.54) is 189 Å². The van der Waals surface area contributed by atoms with Crippen LogP contribution in [0.15, 0.2) is 70.1 Å². The van der Waals surface area contributed by atoms with Gasteiger partial charge in [0.05, 0.1) is 60.4 Å². The molecule has 0 fully saturated rings. The molecule has 8 aromatic heterocycles. The highest BCUT2D eigenvalue weighted by molar-refractivity contribution is 7.27. The van der Waals surface area contributed by atoms with Crippen molar-refractivity contribution in [1.29, 1.82) is 0 Å². The van der Waals surface area contributed by atoms with Crippen LogP contribution in [0.1, 0.15) is 153 Å². The number of thiophene rings is 4. The van der Waals surface area contributed by atoms with Gasteiger partial charge in [-0.25, -0.2) is 19.9 Å². The molecule has 0 saturated heterocycles. The van der Waals surface area contributed by atoms with E-state index < -0.39 is 0 Å². The van der Waals surface area contributed by atoms with Crippen molar-refractivity contribution in [3.05, 3.63) is 92.3 Å². The van der Waals surface area contributed by atoms with Gasteiger partial charge in [0.25, 0.3) is 0 Å². The Morgan fingerprint density at radius 3 is 0.750 bits per heavy atom. The van der Waals surface area contributed by atoms with Gasteiger partial charge in [0.15, 0.2) is 0 Å². The van der Waals surface area contributed by atoms with Crippen molar-refractivity contribution in [3.8, 4) is 39.5 Å². The van der Waals surface area contributed by atoms with Crippen LogP contribution in [0.25, 0.3) is 80.4 Å². The number of rotatable bonds is 24. The van der Waals surface area contributed by atoms with E-state index in [9.17, 15) is 0 Å². The van der Waals surface area contributed by atoms with Crippen molar-refractivity contribution >= 4 is 132 Å². The molecule has 10 rings (SSSR count). The second-order valence-electron chi connectivity index (χ2n) is 18.2. The Morgan fingerprint density at radius 1 is 0.294 bits per heavy atom. The third-order valence-corrected chi connectivity index (χ3v) is 21.2. The van der Waals surface area contributed by atoms with Crippen LogP contribution >= 0.6 is 90.7 Å². The van der Waals surface area contributed by atoms with E-state index in [1.54, 1.807) is 45.3 Å². The first-order valence-electron chi connectivity index (χ1n) is 25.2. The van der Waals surface area contributed by atoms with Gasteiger partial charge in [-0.2, -0.15) is 0 Å². The molecule has 0 aliphatic heterocycles. The fourth-order valence-electron chi connectivity index (χ4n) is 8.62. The van der Waals surface area contributed by atoms with Crippen molar-refractivity contribution < 1.29 is 0 Å². The van der Waals surface area contributed by atoms with Crippen molar-refractivity contribution in [3.63, 3.8) is 0 Å². The average molecular weight is 1050 g/mol. The lowest BCUT2D eigenvalue weighted by Gasteiger charge is -1.96. The third-order valence-electron chi connectivity index (χ3n) is 12.5. The summed E-state index contributed by atoms with van der Waals surface area (Å²) in [7, 11) is 0. The Hall–Kier alpha value is -3.20. The Morgan fingerprint density at radius 2 is 0.529 bits per heavy atom. The summed E-state index contributed by atoms with van der Waals surface area (Å²) in [4.78, 5) is 25.2. The number of nitrogens with zero attached hydrogens (tertiary/aromatic N) is 4. The van der Waals surface area contributed by atoms with Crippen molar-refractivity contribution in [2.45, 2.75) is 156 Å². The number of aromatic nitrogens is 4. The Labute approximate surface area is 435 Å². The van der Waals surface area contributed by atoms with Crippen LogP contribution in [-0.4, -0.2) is 19.9 Å². The molecule has 0 atom stereocenters. The van der Waals surface area contributed by atoms with Gasteiger partial charge in [0, 0.05) is 0 Å². The summed E-state index contributed by atoms with van der Waals surface area (Å²) >= 11 is 14.5. The lowest BCUT2D eigenvalue weighted by atomic mass is 10.1. The van der Waals surface area contributed by atoms with Crippen LogP contribution in [0.4, 0.5) is 0 Å². The highest BCUT2D eigenvalue weighted by Crippen LogP contribution is 2.42. The zero-order valence-electron chi connectivity index (χ0n) is 40.1. The maximum absolute atomic E-state index is 5.00. The number of unbranched alkanes of at least 4 members (excludes halogenated alkanes) is 12. The molecule has 0 saturated carbocycles. The van der Waals surface area contributed by atoms with E-state index in [-0.39, 0.29) is 0 Å². The second-order valence-corrected chi connectivity index (χ2v) is 25.9. The molecule has 4 nitrogen and oxygen atoms in total. The van der Waals surface area contributed by atoms with E-state index in [1.807, 2.05) is 45.3 Å². The van der Waals surface area contributed by atoms with Gasteiger partial charge in [-0.15, -0.1) is 90.7 Å². The number of aryl methyl sites for hydroxylation is 4. The van der Waals surface area contributed by atoms with Crippen LogP contribution in [0, 0.1) is 0 Å². The van der Waals surface area contributed by atoms with Crippen LogP contribution in [0.3, 0.4) is 0 Å². The van der Waals surface area contributed by atoms with Gasteiger partial charge in [-0.3, -0.25) is 0 Å². The van der Waals surface area contributed by atoms with E-state index in [4.69, 9.17) is 19.9 Å². The first kappa shape index (κ1) is 49.8. The summed E-state index contributed by atoms with van der Waals surface area (Å²) in [5, 5.41) is 13.8. The fraction of sp³-hybridized carbons (Fsp3) is 0.429. The van der Waals surface area contributed by atoms with Crippen molar-refractivity contribution in [2.75, 3.05) is 0 Å². The lowest BCUT2D eigenvalue weighted by molar-refractivity contribution is 0.667. The topological polar surface area (TPSA) is 51.6 Å². The molecule has 8 heterocycles.